The van der Waals surface area contributed by atoms with Gasteiger partial charge in [-0.2, -0.15) is 0 Å². The third kappa shape index (κ3) is 4.11. The summed E-state index contributed by atoms with van der Waals surface area (Å²) in [6.45, 7) is 7.04. The number of carbonyl (C=O) groups excluding carboxylic acids is 1. The lowest BCUT2D eigenvalue weighted by molar-refractivity contribution is 0.167. The molecule has 0 bridgehead atoms. The zero-order valence-corrected chi connectivity index (χ0v) is 13.1. The van der Waals surface area contributed by atoms with Crippen LogP contribution in [0.2, 0.25) is 0 Å². The van der Waals surface area contributed by atoms with Crippen molar-refractivity contribution in [1.82, 2.24) is 10.6 Å². The lowest BCUT2D eigenvalue weighted by atomic mass is 10.1. The van der Waals surface area contributed by atoms with E-state index in [2.05, 4.69) is 58.4 Å². The third-order valence-electron chi connectivity index (χ3n) is 3.96. The number of hydrogen-bond donors (Lipinski definition) is 2. The Hall–Kier alpha value is -1.75. The highest BCUT2D eigenvalue weighted by Crippen LogP contribution is 2.23. The second-order valence-electron chi connectivity index (χ2n) is 5.44. The fourth-order valence-electron chi connectivity index (χ4n) is 2.74. The van der Waals surface area contributed by atoms with E-state index in [9.17, 15) is 4.79 Å². The van der Waals surface area contributed by atoms with E-state index in [0.29, 0.717) is 6.04 Å². The summed E-state index contributed by atoms with van der Waals surface area (Å²) in [6, 6.07) is 9.19. The molecule has 5 heteroatoms. The normalized spacial score (nSPS) is 19.4. The predicted molar refractivity (Wildman–Crippen MR) is 84.7 cm³/mol. The van der Waals surface area contributed by atoms with Crippen LogP contribution in [0.25, 0.3) is 0 Å². The Kier molecular flexibility index (Phi) is 5.44. The van der Waals surface area contributed by atoms with Crippen molar-refractivity contribution in [1.29, 1.82) is 0 Å². The van der Waals surface area contributed by atoms with Crippen LogP contribution in [0.3, 0.4) is 0 Å². The van der Waals surface area contributed by atoms with Gasteiger partial charge in [0.1, 0.15) is 0 Å². The number of methoxy groups -OCH3 is 1. The van der Waals surface area contributed by atoms with Crippen molar-refractivity contribution >= 4 is 11.8 Å². The molecule has 1 aromatic carbocycles. The SMILES string of the molecule is CCNC(C)c1ccc(N2CCC(NC(=O)OC)C2)cc1. The van der Waals surface area contributed by atoms with E-state index >= 15 is 0 Å². The van der Waals surface area contributed by atoms with Gasteiger partial charge in [0, 0.05) is 24.8 Å². The van der Waals surface area contributed by atoms with Crippen LogP contribution in [0, 0.1) is 0 Å². The molecule has 2 atom stereocenters. The number of benzene rings is 1. The molecule has 0 saturated carbocycles. The van der Waals surface area contributed by atoms with Gasteiger partial charge in [-0.1, -0.05) is 19.1 Å². The number of carbonyl (C=O) groups is 1. The molecule has 2 rings (SSSR count). The summed E-state index contributed by atoms with van der Waals surface area (Å²) in [5.74, 6) is 0. The maximum atomic E-state index is 11.2. The fourth-order valence-corrected chi connectivity index (χ4v) is 2.74. The minimum Gasteiger partial charge on any atom is -0.453 e. The van der Waals surface area contributed by atoms with Gasteiger partial charge in [0.05, 0.1) is 13.2 Å². The first-order valence-electron chi connectivity index (χ1n) is 7.56. The number of ether oxygens (including phenoxy) is 1. The number of hydrogen-bond acceptors (Lipinski definition) is 4. The first kappa shape index (κ1) is 15.6. The highest BCUT2D eigenvalue weighted by atomic mass is 16.5. The van der Waals surface area contributed by atoms with Crippen molar-refractivity contribution in [3.63, 3.8) is 0 Å². The van der Waals surface area contributed by atoms with Gasteiger partial charge in [0.15, 0.2) is 0 Å². The van der Waals surface area contributed by atoms with Crippen LogP contribution in [0.5, 0.6) is 0 Å². The number of amides is 1. The third-order valence-corrected chi connectivity index (χ3v) is 3.96. The number of nitrogens with zero attached hydrogens (tertiary/aromatic N) is 1. The van der Waals surface area contributed by atoms with Crippen LogP contribution in [0.4, 0.5) is 10.5 Å². The van der Waals surface area contributed by atoms with Crippen LogP contribution in [-0.4, -0.2) is 38.9 Å². The van der Waals surface area contributed by atoms with Crippen LogP contribution in [0.15, 0.2) is 24.3 Å². The molecule has 0 aliphatic carbocycles. The molecule has 0 radical (unpaired) electrons. The molecule has 1 heterocycles. The van der Waals surface area contributed by atoms with Gasteiger partial charge in [-0.05, 0) is 37.6 Å². The molecule has 0 aromatic heterocycles. The predicted octanol–water partition coefficient (Wildman–Crippen LogP) is 2.29. The maximum Gasteiger partial charge on any atom is 0.407 e. The summed E-state index contributed by atoms with van der Waals surface area (Å²) in [6.07, 6.45) is 0.599. The zero-order chi connectivity index (χ0) is 15.2. The van der Waals surface area contributed by atoms with Crippen molar-refractivity contribution in [3.05, 3.63) is 29.8 Å². The van der Waals surface area contributed by atoms with Crippen molar-refractivity contribution < 1.29 is 9.53 Å². The van der Waals surface area contributed by atoms with Crippen LogP contribution in [0.1, 0.15) is 31.9 Å². The molecule has 2 unspecified atom stereocenters. The summed E-state index contributed by atoms with van der Waals surface area (Å²) in [7, 11) is 1.40. The second-order valence-corrected chi connectivity index (χ2v) is 5.44. The Morgan fingerprint density at radius 2 is 2.14 bits per heavy atom. The highest BCUT2D eigenvalue weighted by Gasteiger charge is 2.24. The average molecular weight is 291 g/mol. The molecule has 1 saturated heterocycles. The molecule has 116 valence electrons. The van der Waals surface area contributed by atoms with Crippen LogP contribution >= 0.6 is 0 Å². The molecule has 21 heavy (non-hydrogen) atoms. The first-order valence-corrected chi connectivity index (χ1v) is 7.56. The zero-order valence-electron chi connectivity index (χ0n) is 13.1. The van der Waals surface area contributed by atoms with Gasteiger partial charge in [-0.25, -0.2) is 4.79 Å². The Labute approximate surface area is 126 Å². The number of alkyl carbamates (subject to hydrolysis) is 1. The molecular weight excluding hydrogens is 266 g/mol. The first-order chi connectivity index (χ1) is 10.1. The van der Waals surface area contributed by atoms with Gasteiger partial charge in [0.2, 0.25) is 0 Å². The van der Waals surface area contributed by atoms with E-state index < -0.39 is 0 Å². The largest absolute Gasteiger partial charge is 0.453 e. The number of anilines is 1. The molecule has 1 aliphatic rings. The van der Waals surface area contributed by atoms with E-state index in [1.54, 1.807) is 0 Å². The lowest BCUT2D eigenvalue weighted by Crippen LogP contribution is -2.36. The number of rotatable bonds is 5. The Balaban J connectivity index is 1.92. The van der Waals surface area contributed by atoms with E-state index in [1.165, 1.54) is 18.4 Å². The smallest absolute Gasteiger partial charge is 0.407 e. The minimum absolute atomic E-state index is 0.165. The van der Waals surface area contributed by atoms with Gasteiger partial charge < -0.3 is 20.3 Å². The van der Waals surface area contributed by atoms with Crippen molar-refractivity contribution in [2.24, 2.45) is 0 Å². The fraction of sp³-hybridized carbons (Fsp3) is 0.562. The van der Waals surface area contributed by atoms with Crippen molar-refractivity contribution in [3.8, 4) is 0 Å². The van der Waals surface area contributed by atoms with Crippen LogP contribution in [-0.2, 0) is 4.74 Å². The highest BCUT2D eigenvalue weighted by molar-refractivity contribution is 5.67. The van der Waals surface area contributed by atoms with E-state index in [4.69, 9.17) is 0 Å². The molecule has 2 N–H and O–H groups in total. The maximum absolute atomic E-state index is 11.2. The molecule has 1 fully saturated rings. The minimum atomic E-state index is -0.350. The standard InChI is InChI=1S/C16H25N3O2/c1-4-17-12(2)13-5-7-15(8-6-13)19-10-9-14(11-19)18-16(20)21-3/h5-8,12,14,17H,4,9-11H2,1-3H3,(H,18,20). The average Bonchev–Trinajstić information content (AvgIpc) is 2.96. The number of nitrogens with one attached hydrogen (secondary N) is 2. The molecular formula is C16H25N3O2. The Morgan fingerprint density at radius 1 is 1.43 bits per heavy atom. The monoisotopic (exact) mass is 291 g/mol. The molecule has 1 aromatic rings. The van der Waals surface area contributed by atoms with Gasteiger partial charge in [-0.3, -0.25) is 0 Å². The summed E-state index contributed by atoms with van der Waals surface area (Å²) < 4.78 is 4.64. The molecule has 1 amide bonds. The van der Waals surface area contributed by atoms with E-state index in [0.717, 1.165) is 26.1 Å². The Bertz CT molecular complexity index is 461. The topological polar surface area (TPSA) is 53.6 Å². The van der Waals surface area contributed by atoms with Crippen molar-refractivity contribution in [2.45, 2.75) is 32.4 Å². The molecule has 0 spiro atoms. The van der Waals surface area contributed by atoms with Gasteiger partial charge >= 0.3 is 6.09 Å². The summed E-state index contributed by atoms with van der Waals surface area (Å²) in [5, 5.41) is 6.27. The van der Waals surface area contributed by atoms with E-state index in [1.807, 2.05) is 0 Å². The second kappa shape index (κ2) is 7.31. The quantitative estimate of drug-likeness (QED) is 0.874. The Morgan fingerprint density at radius 3 is 2.76 bits per heavy atom. The van der Waals surface area contributed by atoms with Gasteiger partial charge in [-0.15, -0.1) is 0 Å². The summed E-state index contributed by atoms with van der Waals surface area (Å²) in [5.41, 5.74) is 2.50. The molecule has 5 nitrogen and oxygen atoms in total. The lowest BCUT2D eigenvalue weighted by Gasteiger charge is -2.20. The summed E-state index contributed by atoms with van der Waals surface area (Å²) in [4.78, 5) is 13.5. The van der Waals surface area contributed by atoms with E-state index in [-0.39, 0.29) is 12.1 Å². The van der Waals surface area contributed by atoms with Gasteiger partial charge in [0.25, 0.3) is 0 Å². The van der Waals surface area contributed by atoms with Crippen LogP contribution < -0.4 is 15.5 Å². The van der Waals surface area contributed by atoms with Crippen molar-refractivity contribution in [2.75, 3.05) is 31.6 Å². The molecule has 1 aliphatic heterocycles. The summed E-state index contributed by atoms with van der Waals surface area (Å²) >= 11 is 0.